The molecule has 1 aromatic rings. The van der Waals surface area contributed by atoms with Gasteiger partial charge in [0, 0.05) is 0 Å². The summed E-state index contributed by atoms with van der Waals surface area (Å²) in [7, 11) is -3.61. The van der Waals surface area contributed by atoms with Crippen LogP contribution in [0.4, 0.5) is 0 Å². The van der Waals surface area contributed by atoms with E-state index in [1.165, 1.54) is 0 Å². The maximum atomic E-state index is 10.7. The topological polar surface area (TPSA) is 80.4 Å². The van der Waals surface area contributed by atoms with Crippen LogP contribution in [0.2, 0.25) is 0 Å². The van der Waals surface area contributed by atoms with Gasteiger partial charge in [-0.1, -0.05) is 24.3 Å². The summed E-state index contributed by atoms with van der Waals surface area (Å²) in [5.74, 6) is -0.401. The molecule has 1 aromatic carbocycles. The van der Waals surface area contributed by atoms with Gasteiger partial charge in [-0.15, -0.1) is 0 Å². The monoisotopic (exact) mass is 229 g/mol. The van der Waals surface area contributed by atoms with Crippen molar-refractivity contribution >= 4 is 10.0 Å². The number of rotatable bonds is 4. The number of sulfonamides is 1. The highest BCUT2D eigenvalue weighted by atomic mass is 32.2. The number of aryl methyl sites for hydroxylation is 1. The summed E-state index contributed by atoms with van der Waals surface area (Å²) >= 11 is 0. The Morgan fingerprint density at radius 2 is 2.00 bits per heavy atom. The lowest BCUT2D eigenvalue weighted by Gasteiger charge is -2.10. The second-order valence-corrected chi connectivity index (χ2v) is 5.27. The van der Waals surface area contributed by atoms with E-state index in [2.05, 4.69) is 0 Å². The van der Waals surface area contributed by atoms with Gasteiger partial charge in [-0.25, -0.2) is 13.6 Å². The molecule has 0 aliphatic carbocycles. The highest BCUT2D eigenvalue weighted by Crippen LogP contribution is 2.10. The standard InChI is InChI=1S/C10H15NO3S/c1-8-4-2-3-5-9(8)6-10(12)7-15(11,13)14/h2-5,10,12H,6-7H2,1H3,(H2,11,13,14). The Morgan fingerprint density at radius 3 is 2.53 bits per heavy atom. The van der Waals surface area contributed by atoms with Gasteiger partial charge in [0.05, 0.1) is 11.9 Å². The van der Waals surface area contributed by atoms with Crippen LogP contribution >= 0.6 is 0 Å². The maximum absolute atomic E-state index is 10.7. The van der Waals surface area contributed by atoms with E-state index in [-0.39, 0.29) is 0 Å². The molecule has 0 amide bonds. The van der Waals surface area contributed by atoms with Crippen molar-refractivity contribution in [2.75, 3.05) is 5.75 Å². The number of nitrogens with two attached hydrogens (primary N) is 1. The predicted octanol–water partition coefficient (Wildman–Crippen LogP) is 0.187. The summed E-state index contributed by atoms with van der Waals surface area (Å²) < 4.78 is 21.5. The second-order valence-electron chi connectivity index (χ2n) is 3.61. The molecule has 0 heterocycles. The molecule has 5 heteroatoms. The molecule has 1 rings (SSSR count). The van der Waals surface area contributed by atoms with E-state index in [4.69, 9.17) is 5.14 Å². The van der Waals surface area contributed by atoms with E-state index in [1.54, 1.807) is 0 Å². The van der Waals surface area contributed by atoms with Crippen LogP contribution < -0.4 is 5.14 Å². The molecule has 0 saturated carbocycles. The first-order chi connectivity index (χ1) is 6.88. The van der Waals surface area contributed by atoms with Crippen molar-refractivity contribution in [1.29, 1.82) is 0 Å². The molecule has 0 radical (unpaired) electrons. The van der Waals surface area contributed by atoms with Gasteiger partial charge in [0.2, 0.25) is 10.0 Å². The SMILES string of the molecule is Cc1ccccc1CC(O)CS(N)(=O)=O. The van der Waals surface area contributed by atoms with Crippen molar-refractivity contribution in [2.45, 2.75) is 19.4 Å². The minimum Gasteiger partial charge on any atom is -0.392 e. The Bertz CT molecular complexity index is 428. The summed E-state index contributed by atoms with van der Waals surface area (Å²) in [6.07, 6.45) is -0.635. The third-order valence-corrected chi connectivity index (χ3v) is 2.99. The summed E-state index contributed by atoms with van der Waals surface area (Å²) in [4.78, 5) is 0. The van der Waals surface area contributed by atoms with E-state index in [1.807, 2.05) is 31.2 Å². The van der Waals surface area contributed by atoms with Gasteiger partial charge in [-0.05, 0) is 24.5 Å². The lowest BCUT2D eigenvalue weighted by atomic mass is 10.0. The third-order valence-electron chi connectivity index (χ3n) is 2.14. The minimum absolute atomic E-state index is 0.309. The average molecular weight is 229 g/mol. The van der Waals surface area contributed by atoms with Crippen molar-refractivity contribution < 1.29 is 13.5 Å². The zero-order valence-corrected chi connectivity index (χ0v) is 9.37. The van der Waals surface area contributed by atoms with Gasteiger partial charge in [0.25, 0.3) is 0 Å². The average Bonchev–Trinajstić information content (AvgIpc) is 2.05. The molecule has 0 aliphatic heterocycles. The Labute approximate surface area is 89.8 Å². The molecule has 0 aromatic heterocycles. The molecular formula is C10H15NO3S. The van der Waals surface area contributed by atoms with Gasteiger partial charge in [-0.3, -0.25) is 0 Å². The number of aliphatic hydroxyl groups excluding tert-OH is 1. The van der Waals surface area contributed by atoms with E-state index in [0.29, 0.717) is 6.42 Å². The van der Waals surface area contributed by atoms with Gasteiger partial charge in [0.1, 0.15) is 0 Å². The molecule has 4 nitrogen and oxygen atoms in total. The molecule has 0 spiro atoms. The number of benzene rings is 1. The van der Waals surface area contributed by atoms with Crippen LogP contribution in [0.5, 0.6) is 0 Å². The van der Waals surface area contributed by atoms with Gasteiger partial charge in [-0.2, -0.15) is 0 Å². The Balaban J connectivity index is 2.67. The fraction of sp³-hybridized carbons (Fsp3) is 0.400. The van der Waals surface area contributed by atoms with Gasteiger partial charge < -0.3 is 5.11 Å². The number of hydrogen-bond acceptors (Lipinski definition) is 3. The lowest BCUT2D eigenvalue weighted by molar-refractivity contribution is 0.197. The van der Waals surface area contributed by atoms with E-state index < -0.39 is 21.9 Å². The van der Waals surface area contributed by atoms with Gasteiger partial charge >= 0.3 is 0 Å². The van der Waals surface area contributed by atoms with Crippen LogP contribution in [0.3, 0.4) is 0 Å². The molecular weight excluding hydrogens is 214 g/mol. The van der Waals surface area contributed by atoms with Crippen molar-refractivity contribution in [1.82, 2.24) is 0 Å². The third kappa shape index (κ3) is 4.42. The zero-order valence-electron chi connectivity index (χ0n) is 8.55. The fourth-order valence-corrected chi connectivity index (χ4v) is 2.07. The highest BCUT2D eigenvalue weighted by molar-refractivity contribution is 7.89. The number of hydrogen-bond donors (Lipinski definition) is 2. The van der Waals surface area contributed by atoms with Crippen molar-refractivity contribution in [3.05, 3.63) is 35.4 Å². The summed E-state index contributed by atoms with van der Waals surface area (Å²) in [6, 6.07) is 7.53. The predicted molar refractivity (Wildman–Crippen MR) is 58.9 cm³/mol. The maximum Gasteiger partial charge on any atom is 0.211 e. The first-order valence-electron chi connectivity index (χ1n) is 4.61. The number of aliphatic hydroxyl groups is 1. The van der Waals surface area contributed by atoms with Crippen LogP contribution in [-0.2, 0) is 16.4 Å². The molecule has 0 fully saturated rings. The van der Waals surface area contributed by atoms with Crippen molar-refractivity contribution in [3.8, 4) is 0 Å². The lowest BCUT2D eigenvalue weighted by Crippen LogP contribution is -2.28. The van der Waals surface area contributed by atoms with Crippen LogP contribution in [0, 0.1) is 6.92 Å². The molecule has 1 unspecified atom stereocenters. The van der Waals surface area contributed by atoms with Gasteiger partial charge in [0.15, 0.2) is 0 Å². The smallest absolute Gasteiger partial charge is 0.211 e. The molecule has 0 aliphatic rings. The molecule has 3 N–H and O–H groups in total. The zero-order chi connectivity index (χ0) is 11.5. The quantitative estimate of drug-likeness (QED) is 0.773. The van der Waals surface area contributed by atoms with E-state index in [0.717, 1.165) is 11.1 Å². The van der Waals surface area contributed by atoms with Crippen molar-refractivity contribution in [2.24, 2.45) is 5.14 Å². The molecule has 84 valence electrons. The second kappa shape index (κ2) is 4.74. The molecule has 1 atom stereocenters. The summed E-state index contributed by atoms with van der Waals surface area (Å²) in [5.41, 5.74) is 1.97. The van der Waals surface area contributed by atoms with Crippen molar-refractivity contribution in [3.63, 3.8) is 0 Å². The highest BCUT2D eigenvalue weighted by Gasteiger charge is 2.13. The van der Waals surface area contributed by atoms with Crippen LogP contribution in [0.25, 0.3) is 0 Å². The van der Waals surface area contributed by atoms with Crippen LogP contribution in [0.1, 0.15) is 11.1 Å². The van der Waals surface area contributed by atoms with Crippen LogP contribution in [-0.4, -0.2) is 25.4 Å². The summed E-state index contributed by atoms with van der Waals surface area (Å²) in [6.45, 7) is 1.92. The first-order valence-corrected chi connectivity index (χ1v) is 6.33. The largest absolute Gasteiger partial charge is 0.392 e. The molecule has 0 saturated heterocycles. The van der Waals surface area contributed by atoms with E-state index >= 15 is 0 Å². The Morgan fingerprint density at radius 1 is 1.40 bits per heavy atom. The Kier molecular flexibility index (Phi) is 3.84. The number of primary sulfonamides is 1. The van der Waals surface area contributed by atoms with E-state index in [9.17, 15) is 13.5 Å². The van der Waals surface area contributed by atoms with Crippen LogP contribution in [0.15, 0.2) is 24.3 Å². The fourth-order valence-electron chi connectivity index (χ4n) is 1.42. The Hall–Kier alpha value is -0.910. The minimum atomic E-state index is -3.61. The normalized spacial score (nSPS) is 13.8. The summed E-state index contributed by atoms with van der Waals surface area (Å²) in [5, 5.41) is 14.3. The molecule has 15 heavy (non-hydrogen) atoms. The first kappa shape index (κ1) is 12.2. The molecule has 0 bridgehead atoms.